The second-order valence-electron chi connectivity index (χ2n) is 3.62. The summed E-state index contributed by atoms with van der Waals surface area (Å²) in [6.45, 7) is 3.99. The number of nitrogens with one attached hydrogen (secondary N) is 1. The maximum Gasteiger partial charge on any atom is 0.234 e. The van der Waals surface area contributed by atoms with Crippen LogP contribution in [0.25, 0.3) is 0 Å². The molecule has 1 rings (SSSR count). The van der Waals surface area contributed by atoms with Crippen molar-refractivity contribution in [2.24, 2.45) is 5.73 Å². The smallest absolute Gasteiger partial charge is 0.234 e. The van der Waals surface area contributed by atoms with Gasteiger partial charge in [0.05, 0.1) is 6.04 Å². The van der Waals surface area contributed by atoms with Crippen LogP contribution in [0.15, 0.2) is 9.85 Å². The van der Waals surface area contributed by atoms with Gasteiger partial charge in [-0.05, 0) is 6.42 Å². The topological polar surface area (TPSA) is 80.9 Å². The summed E-state index contributed by atoms with van der Waals surface area (Å²) in [5, 5.41) is 10.8. The molecule has 0 radical (unpaired) electrons. The van der Waals surface area contributed by atoms with Crippen LogP contribution in [-0.2, 0) is 4.79 Å². The van der Waals surface area contributed by atoms with E-state index in [0.717, 1.165) is 10.1 Å². The van der Waals surface area contributed by atoms with Gasteiger partial charge in [-0.2, -0.15) is 0 Å². The predicted molar refractivity (Wildman–Crippen MR) is 66.5 cm³/mol. The van der Waals surface area contributed by atoms with Crippen molar-refractivity contribution in [3.8, 4) is 0 Å². The van der Waals surface area contributed by atoms with Crippen LogP contribution in [0.1, 0.15) is 20.3 Å². The van der Waals surface area contributed by atoms with E-state index in [0.29, 0.717) is 6.42 Å². The summed E-state index contributed by atoms with van der Waals surface area (Å²) in [6.07, 6.45) is 0.706. The van der Waals surface area contributed by atoms with Gasteiger partial charge in [-0.15, -0.1) is 10.2 Å². The standard InChI is InChI=1S/C9H16N4OS2/c1-6(2)12-7(8(10)14)3-4-15-9-13-11-5-16-9/h5-7,12H,3-4H2,1-2H3,(H2,10,14). The molecule has 1 unspecified atom stereocenters. The largest absolute Gasteiger partial charge is 0.368 e. The van der Waals surface area contributed by atoms with Gasteiger partial charge < -0.3 is 11.1 Å². The first-order valence-electron chi connectivity index (χ1n) is 5.04. The Balaban J connectivity index is 2.30. The predicted octanol–water partition coefficient (Wildman–Crippen LogP) is 0.872. The Labute approximate surface area is 103 Å². The minimum Gasteiger partial charge on any atom is -0.368 e. The van der Waals surface area contributed by atoms with Crippen LogP contribution in [0.2, 0.25) is 0 Å². The van der Waals surface area contributed by atoms with E-state index < -0.39 is 0 Å². The first kappa shape index (κ1) is 13.4. The molecule has 0 spiro atoms. The number of carbonyl (C=O) groups excluding carboxylic acids is 1. The molecule has 90 valence electrons. The van der Waals surface area contributed by atoms with Crippen molar-refractivity contribution in [1.82, 2.24) is 15.5 Å². The van der Waals surface area contributed by atoms with E-state index in [-0.39, 0.29) is 18.0 Å². The Bertz CT molecular complexity index is 315. The molecule has 1 amide bonds. The summed E-state index contributed by atoms with van der Waals surface area (Å²) in [5.41, 5.74) is 7.00. The molecule has 0 saturated carbocycles. The van der Waals surface area contributed by atoms with Crippen molar-refractivity contribution >= 4 is 29.0 Å². The number of aromatic nitrogens is 2. The lowest BCUT2D eigenvalue weighted by atomic mass is 10.2. The number of rotatable bonds is 7. The summed E-state index contributed by atoms with van der Waals surface area (Å²) in [4.78, 5) is 11.2. The van der Waals surface area contributed by atoms with E-state index in [4.69, 9.17) is 5.73 Å². The summed E-state index contributed by atoms with van der Waals surface area (Å²) in [6, 6.07) is -0.00977. The Kier molecular flexibility index (Phi) is 5.72. The number of nitrogens with zero attached hydrogens (tertiary/aromatic N) is 2. The lowest BCUT2D eigenvalue weighted by Crippen LogP contribution is -2.44. The van der Waals surface area contributed by atoms with E-state index in [9.17, 15) is 4.79 Å². The van der Waals surface area contributed by atoms with Gasteiger partial charge in [0.2, 0.25) is 5.91 Å². The number of primary amides is 1. The SMILES string of the molecule is CC(C)NC(CCSc1nncs1)C(N)=O. The molecule has 3 N–H and O–H groups in total. The Morgan fingerprint density at radius 3 is 2.94 bits per heavy atom. The second-order valence-corrected chi connectivity index (χ2v) is 5.79. The zero-order chi connectivity index (χ0) is 12.0. The third kappa shape index (κ3) is 4.91. The maximum atomic E-state index is 11.2. The van der Waals surface area contributed by atoms with Crippen molar-refractivity contribution in [2.75, 3.05) is 5.75 Å². The fourth-order valence-electron chi connectivity index (χ4n) is 1.20. The van der Waals surface area contributed by atoms with Gasteiger partial charge in [0, 0.05) is 11.8 Å². The fourth-order valence-corrected chi connectivity index (χ4v) is 2.76. The molecule has 1 aromatic heterocycles. The summed E-state index contributed by atoms with van der Waals surface area (Å²) >= 11 is 3.10. The Hall–Kier alpha value is -0.660. The molecule has 16 heavy (non-hydrogen) atoms. The first-order valence-corrected chi connectivity index (χ1v) is 6.90. The fraction of sp³-hybridized carbons (Fsp3) is 0.667. The van der Waals surface area contributed by atoms with Crippen LogP contribution < -0.4 is 11.1 Å². The summed E-state index contributed by atoms with van der Waals surface area (Å²) < 4.78 is 0.924. The highest BCUT2D eigenvalue weighted by Gasteiger charge is 2.15. The number of carbonyl (C=O) groups is 1. The molecule has 0 aliphatic heterocycles. The Morgan fingerprint density at radius 1 is 1.69 bits per heavy atom. The number of hydrogen-bond donors (Lipinski definition) is 2. The summed E-state index contributed by atoms with van der Waals surface area (Å²) in [5.74, 6) is 0.509. The molecule has 0 aromatic carbocycles. The average Bonchev–Trinajstić information content (AvgIpc) is 2.68. The highest BCUT2D eigenvalue weighted by molar-refractivity contribution is 8.00. The zero-order valence-corrected chi connectivity index (χ0v) is 11.0. The zero-order valence-electron chi connectivity index (χ0n) is 9.34. The van der Waals surface area contributed by atoms with Gasteiger partial charge in [0.25, 0.3) is 0 Å². The second kappa shape index (κ2) is 6.82. The lowest BCUT2D eigenvalue weighted by molar-refractivity contribution is -0.120. The number of amides is 1. The lowest BCUT2D eigenvalue weighted by Gasteiger charge is -2.17. The van der Waals surface area contributed by atoms with Crippen LogP contribution in [0.5, 0.6) is 0 Å². The van der Waals surface area contributed by atoms with Gasteiger partial charge in [-0.3, -0.25) is 4.79 Å². The van der Waals surface area contributed by atoms with Crippen LogP contribution in [-0.4, -0.2) is 33.9 Å². The molecule has 0 saturated heterocycles. The van der Waals surface area contributed by atoms with E-state index in [2.05, 4.69) is 15.5 Å². The molecular weight excluding hydrogens is 244 g/mol. The highest BCUT2D eigenvalue weighted by Crippen LogP contribution is 2.20. The van der Waals surface area contributed by atoms with Crippen molar-refractivity contribution < 1.29 is 4.79 Å². The minimum absolute atomic E-state index is 0.254. The van der Waals surface area contributed by atoms with E-state index in [1.165, 1.54) is 11.3 Å². The number of nitrogens with two attached hydrogens (primary N) is 1. The molecule has 0 fully saturated rings. The van der Waals surface area contributed by atoms with E-state index in [1.807, 2.05) is 13.8 Å². The van der Waals surface area contributed by atoms with E-state index >= 15 is 0 Å². The molecule has 0 aliphatic carbocycles. The van der Waals surface area contributed by atoms with Gasteiger partial charge in [0.1, 0.15) is 5.51 Å². The van der Waals surface area contributed by atoms with Crippen LogP contribution >= 0.6 is 23.1 Å². The minimum atomic E-state index is -0.299. The van der Waals surface area contributed by atoms with Crippen LogP contribution in [0.3, 0.4) is 0 Å². The van der Waals surface area contributed by atoms with Crippen molar-refractivity contribution in [2.45, 2.75) is 36.7 Å². The van der Waals surface area contributed by atoms with Crippen molar-refractivity contribution in [3.05, 3.63) is 5.51 Å². The average molecular weight is 260 g/mol. The van der Waals surface area contributed by atoms with Gasteiger partial charge in [-0.1, -0.05) is 36.9 Å². The van der Waals surface area contributed by atoms with Crippen molar-refractivity contribution in [3.63, 3.8) is 0 Å². The van der Waals surface area contributed by atoms with Crippen molar-refractivity contribution in [1.29, 1.82) is 0 Å². The third-order valence-corrected chi connectivity index (χ3v) is 3.74. The molecule has 1 heterocycles. The molecule has 1 atom stereocenters. The molecule has 0 bridgehead atoms. The first-order chi connectivity index (χ1) is 7.59. The number of thioether (sulfide) groups is 1. The molecule has 5 nitrogen and oxygen atoms in total. The van der Waals surface area contributed by atoms with Crippen LogP contribution in [0, 0.1) is 0 Å². The number of hydrogen-bond acceptors (Lipinski definition) is 6. The van der Waals surface area contributed by atoms with Gasteiger partial charge in [-0.25, -0.2) is 0 Å². The molecular formula is C9H16N4OS2. The highest BCUT2D eigenvalue weighted by atomic mass is 32.2. The van der Waals surface area contributed by atoms with Crippen LogP contribution in [0.4, 0.5) is 0 Å². The molecule has 0 aliphatic rings. The normalized spacial score (nSPS) is 12.9. The third-order valence-electron chi connectivity index (χ3n) is 1.85. The molecule has 7 heteroatoms. The molecule has 1 aromatic rings. The quantitative estimate of drug-likeness (QED) is 0.711. The monoisotopic (exact) mass is 260 g/mol. The summed E-state index contributed by atoms with van der Waals surface area (Å²) in [7, 11) is 0. The van der Waals surface area contributed by atoms with E-state index in [1.54, 1.807) is 17.3 Å². The maximum absolute atomic E-state index is 11.2. The van der Waals surface area contributed by atoms with Gasteiger partial charge >= 0.3 is 0 Å². The van der Waals surface area contributed by atoms with Gasteiger partial charge in [0.15, 0.2) is 4.34 Å². The Morgan fingerprint density at radius 2 is 2.44 bits per heavy atom.